The first kappa shape index (κ1) is 22.1. The van der Waals surface area contributed by atoms with Crippen LogP contribution in [0.1, 0.15) is 12.5 Å². The number of carbonyl (C=O) groups is 1. The maximum Gasteiger partial charge on any atom is 0.271 e. The number of rotatable bonds is 9. The van der Waals surface area contributed by atoms with Gasteiger partial charge in [-0.25, -0.2) is 8.42 Å². The van der Waals surface area contributed by atoms with E-state index in [1.165, 1.54) is 12.1 Å². The fraction of sp³-hybridized carbons (Fsp3) is 0.143. The van der Waals surface area contributed by atoms with Crippen LogP contribution in [-0.2, 0) is 14.8 Å². The minimum Gasteiger partial charge on any atom is -0.490 e. The first-order valence-electron chi connectivity index (χ1n) is 9.18. The topological polar surface area (TPSA) is 118 Å². The molecule has 0 fully saturated rings. The van der Waals surface area contributed by atoms with Gasteiger partial charge in [-0.15, -0.1) is 11.3 Å². The van der Waals surface area contributed by atoms with Crippen LogP contribution >= 0.6 is 11.3 Å². The number of benzene rings is 2. The van der Waals surface area contributed by atoms with Crippen LogP contribution in [0.15, 0.2) is 64.2 Å². The Morgan fingerprint density at radius 2 is 1.84 bits per heavy atom. The van der Waals surface area contributed by atoms with Crippen molar-refractivity contribution in [1.82, 2.24) is 0 Å². The lowest BCUT2D eigenvalue weighted by molar-refractivity contribution is -0.118. The summed E-state index contributed by atoms with van der Waals surface area (Å²) in [5, 5.41) is 13.3. The SMILES string of the molecule is CCOc1cc(C#N)ccc1OCC(=O)Nc1ccccc1NS(=O)(=O)c1cccs1. The first-order valence-corrected chi connectivity index (χ1v) is 11.5. The molecule has 31 heavy (non-hydrogen) atoms. The highest BCUT2D eigenvalue weighted by Gasteiger charge is 2.18. The molecule has 0 bridgehead atoms. The van der Waals surface area contributed by atoms with E-state index in [0.29, 0.717) is 29.4 Å². The van der Waals surface area contributed by atoms with Crippen molar-refractivity contribution in [3.8, 4) is 17.6 Å². The second-order valence-electron chi connectivity index (χ2n) is 6.13. The average molecular weight is 458 g/mol. The summed E-state index contributed by atoms with van der Waals surface area (Å²) in [6.45, 7) is 1.83. The van der Waals surface area contributed by atoms with E-state index in [2.05, 4.69) is 10.0 Å². The van der Waals surface area contributed by atoms with Crippen molar-refractivity contribution < 1.29 is 22.7 Å². The number of carbonyl (C=O) groups excluding carboxylic acids is 1. The number of nitriles is 1. The van der Waals surface area contributed by atoms with Crippen LogP contribution in [-0.4, -0.2) is 27.5 Å². The zero-order valence-corrected chi connectivity index (χ0v) is 18.1. The number of para-hydroxylation sites is 2. The van der Waals surface area contributed by atoms with Gasteiger partial charge in [-0.3, -0.25) is 9.52 Å². The van der Waals surface area contributed by atoms with Crippen molar-refractivity contribution in [2.45, 2.75) is 11.1 Å². The van der Waals surface area contributed by atoms with Crippen molar-refractivity contribution in [3.63, 3.8) is 0 Å². The molecule has 1 heterocycles. The molecule has 1 amide bonds. The Morgan fingerprint density at radius 1 is 1.06 bits per heavy atom. The van der Waals surface area contributed by atoms with E-state index < -0.39 is 15.9 Å². The summed E-state index contributed by atoms with van der Waals surface area (Å²) in [5.41, 5.74) is 0.936. The molecule has 8 nitrogen and oxygen atoms in total. The molecule has 0 saturated carbocycles. The van der Waals surface area contributed by atoms with Crippen LogP contribution in [0.3, 0.4) is 0 Å². The molecular weight excluding hydrogens is 438 g/mol. The third-order valence-electron chi connectivity index (χ3n) is 3.94. The number of thiophene rings is 1. The summed E-state index contributed by atoms with van der Waals surface area (Å²) in [5.74, 6) is 0.190. The smallest absolute Gasteiger partial charge is 0.271 e. The summed E-state index contributed by atoms with van der Waals surface area (Å²) in [7, 11) is -3.76. The summed E-state index contributed by atoms with van der Waals surface area (Å²) in [6, 6.07) is 16.3. The van der Waals surface area contributed by atoms with E-state index in [9.17, 15) is 13.2 Å². The van der Waals surface area contributed by atoms with Crippen molar-refractivity contribution in [1.29, 1.82) is 5.26 Å². The van der Waals surface area contributed by atoms with E-state index in [1.54, 1.807) is 54.8 Å². The van der Waals surface area contributed by atoms with Crippen molar-refractivity contribution >= 4 is 38.6 Å². The van der Waals surface area contributed by atoms with Gasteiger partial charge in [0, 0.05) is 6.07 Å². The number of nitrogens with zero attached hydrogens (tertiary/aromatic N) is 1. The van der Waals surface area contributed by atoms with Crippen LogP contribution in [0, 0.1) is 11.3 Å². The lowest BCUT2D eigenvalue weighted by Crippen LogP contribution is -2.22. The van der Waals surface area contributed by atoms with Gasteiger partial charge in [0.1, 0.15) is 4.21 Å². The second-order valence-corrected chi connectivity index (χ2v) is 8.98. The highest BCUT2D eigenvalue weighted by Crippen LogP contribution is 2.29. The fourth-order valence-corrected chi connectivity index (χ4v) is 4.66. The van der Waals surface area contributed by atoms with Gasteiger partial charge in [0.05, 0.1) is 29.6 Å². The van der Waals surface area contributed by atoms with Gasteiger partial charge in [-0.05, 0) is 42.6 Å². The van der Waals surface area contributed by atoms with Crippen LogP contribution in [0.5, 0.6) is 11.5 Å². The molecular formula is C21H19N3O5S2. The zero-order valence-electron chi connectivity index (χ0n) is 16.5. The standard InChI is InChI=1S/C21H19N3O5S2/c1-2-28-19-12-15(13-22)9-10-18(19)29-14-20(25)23-16-6-3-4-7-17(16)24-31(26,27)21-8-5-11-30-21/h3-12,24H,2,14H2,1H3,(H,23,25). The van der Waals surface area contributed by atoms with Crippen molar-refractivity contribution in [2.75, 3.05) is 23.3 Å². The third kappa shape index (κ3) is 5.75. The van der Waals surface area contributed by atoms with E-state index in [0.717, 1.165) is 11.3 Å². The molecule has 2 N–H and O–H groups in total. The average Bonchev–Trinajstić information content (AvgIpc) is 3.30. The highest BCUT2D eigenvalue weighted by atomic mass is 32.2. The Hall–Kier alpha value is -3.55. The molecule has 0 spiro atoms. The van der Waals surface area contributed by atoms with Crippen LogP contribution in [0.2, 0.25) is 0 Å². The van der Waals surface area contributed by atoms with Crippen molar-refractivity contribution in [3.05, 3.63) is 65.5 Å². The number of amides is 1. The van der Waals surface area contributed by atoms with E-state index in [4.69, 9.17) is 14.7 Å². The number of anilines is 2. The molecule has 160 valence electrons. The molecule has 0 aliphatic carbocycles. The number of sulfonamides is 1. The molecule has 2 aromatic carbocycles. The van der Waals surface area contributed by atoms with Crippen LogP contribution in [0.4, 0.5) is 11.4 Å². The molecule has 0 saturated heterocycles. The number of nitrogens with one attached hydrogen (secondary N) is 2. The molecule has 0 atom stereocenters. The van der Waals surface area contributed by atoms with E-state index >= 15 is 0 Å². The Morgan fingerprint density at radius 3 is 2.52 bits per heavy atom. The largest absolute Gasteiger partial charge is 0.490 e. The number of hydrogen-bond donors (Lipinski definition) is 2. The number of hydrogen-bond acceptors (Lipinski definition) is 7. The van der Waals surface area contributed by atoms with Gasteiger partial charge < -0.3 is 14.8 Å². The molecule has 0 unspecified atom stereocenters. The summed E-state index contributed by atoms with van der Waals surface area (Å²) in [4.78, 5) is 12.4. The monoisotopic (exact) mass is 457 g/mol. The fourth-order valence-electron chi connectivity index (χ4n) is 2.59. The maximum absolute atomic E-state index is 12.5. The van der Waals surface area contributed by atoms with Gasteiger partial charge in [0.15, 0.2) is 18.1 Å². The normalized spacial score (nSPS) is 10.7. The summed E-state index contributed by atoms with van der Waals surface area (Å²) < 4.78 is 38.6. The Kier molecular flexibility index (Phi) is 7.12. The molecule has 0 aliphatic rings. The van der Waals surface area contributed by atoms with Gasteiger partial charge in [0.2, 0.25) is 0 Å². The number of ether oxygens (including phenoxy) is 2. The minimum absolute atomic E-state index is 0.168. The van der Waals surface area contributed by atoms with E-state index in [1.807, 2.05) is 6.07 Å². The molecule has 3 aromatic rings. The Labute approximate surface area is 184 Å². The van der Waals surface area contributed by atoms with Crippen molar-refractivity contribution in [2.24, 2.45) is 0 Å². The van der Waals surface area contributed by atoms with Crippen LogP contribution < -0.4 is 19.5 Å². The molecule has 3 rings (SSSR count). The van der Waals surface area contributed by atoms with Crippen LogP contribution in [0.25, 0.3) is 0 Å². The van der Waals surface area contributed by atoms with Gasteiger partial charge >= 0.3 is 0 Å². The second kappa shape index (κ2) is 9.97. The zero-order chi connectivity index (χ0) is 22.3. The van der Waals surface area contributed by atoms with Gasteiger partial charge in [0.25, 0.3) is 15.9 Å². The lowest BCUT2D eigenvalue weighted by atomic mass is 10.2. The summed E-state index contributed by atoms with van der Waals surface area (Å²) in [6.07, 6.45) is 0. The van der Waals surface area contributed by atoms with Gasteiger partial charge in [-0.1, -0.05) is 18.2 Å². The molecule has 10 heteroatoms. The van der Waals surface area contributed by atoms with Gasteiger partial charge in [-0.2, -0.15) is 5.26 Å². The Bertz CT molecular complexity index is 1200. The lowest BCUT2D eigenvalue weighted by Gasteiger charge is -2.14. The predicted molar refractivity (Wildman–Crippen MR) is 118 cm³/mol. The quantitative estimate of drug-likeness (QED) is 0.504. The van der Waals surface area contributed by atoms with E-state index in [-0.39, 0.29) is 16.5 Å². The molecule has 0 radical (unpaired) electrons. The predicted octanol–water partition coefficient (Wildman–Crippen LogP) is 3.84. The molecule has 0 aliphatic heterocycles. The Balaban J connectivity index is 1.69. The maximum atomic E-state index is 12.5. The molecule has 1 aromatic heterocycles. The first-order chi connectivity index (χ1) is 14.9. The summed E-state index contributed by atoms with van der Waals surface area (Å²) >= 11 is 1.09. The highest BCUT2D eigenvalue weighted by molar-refractivity contribution is 7.94. The third-order valence-corrected chi connectivity index (χ3v) is 6.70. The minimum atomic E-state index is -3.76.